The number of unbranched alkanes of at least 4 members (excludes halogenated alkanes) is 2. The molecule has 5 nitrogen and oxygen atoms in total. The number of carbonyl (C=O) groups excluding carboxylic acids is 1. The molecule has 5 heteroatoms. The molecule has 0 aromatic heterocycles. The molecule has 1 unspecified atom stereocenters. The summed E-state index contributed by atoms with van der Waals surface area (Å²) in [5, 5.41) is 39.6. The van der Waals surface area contributed by atoms with Crippen molar-refractivity contribution in [1.82, 2.24) is 0 Å². The van der Waals surface area contributed by atoms with E-state index in [9.17, 15) is 20.1 Å². The van der Waals surface area contributed by atoms with Crippen molar-refractivity contribution < 1.29 is 25.2 Å². The van der Waals surface area contributed by atoms with Gasteiger partial charge in [-0.2, -0.15) is 0 Å². The molecule has 27 heavy (non-hydrogen) atoms. The molecule has 0 aromatic rings. The van der Waals surface area contributed by atoms with Gasteiger partial charge in [0.1, 0.15) is 6.61 Å². The van der Waals surface area contributed by atoms with Gasteiger partial charge in [-0.1, -0.05) is 44.1 Å². The second-order valence-corrected chi connectivity index (χ2v) is 8.14. The Labute approximate surface area is 163 Å². The van der Waals surface area contributed by atoms with Crippen LogP contribution in [0.4, 0.5) is 0 Å². The lowest BCUT2D eigenvalue weighted by molar-refractivity contribution is -0.121. The zero-order valence-electron chi connectivity index (χ0n) is 16.9. The smallest absolute Gasteiger partial charge is 0.158 e. The monoisotopic (exact) mass is 382 g/mol. The van der Waals surface area contributed by atoms with Crippen LogP contribution in [-0.2, 0) is 4.79 Å². The summed E-state index contributed by atoms with van der Waals surface area (Å²) in [4.78, 5) is 11.0. The van der Waals surface area contributed by atoms with E-state index in [2.05, 4.69) is 6.92 Å². The van der Waals surface area contributed by atoms with E-state index in [1.165, 1.54) is 0 Å². The molecule has 4 N–H and O–H groups in total. The molecule has 0 bridgehead atoms. The number of ketones is 1. The molecule has 1 fully saturated rings. The fourth-order valence-corrected chi connectivity index (χ4v) is 3.71. The predicted molar refractivity (Wildman–Crippen MR) is 107 cm³/mol. The van der Waals surface area contributed by atoms with E-state index < -0.39 is 24.4 Å². The molecule has 0 spiro atoms. The van der Waals surface area contributed by atoms with Crippen molar-refractivity contribution >= 4 is 5.78 Å². The second-order valence-electron chi connectivity index (χ2n) is 8.14. The summed E-state index contributed by atoms with van der Waals surface area (Å²) in [6.07, 6.45) is 13.1. The third-order valence-electron chi connectivity index (χ3n) is 5.48. The molecule has 0 heterocycles. The highest BCUT2D eigenvalue weighted by atomic mass is 16.3. The van der Waals surface area contributed by atoms with Gasteiger partial charge in [-0.05, 0) is 44.9 Å². The predicted octanol–water partition coefficient (Wildman–Crippen LogP) is 2.91. The molecule has 0 amide bonds. The Hall–Kier alpha value is -1.01. The molecule has 0 aromatic carbocycles. The highest BCUT2D eigenvalue weighted by Crippen LogP contribution is 2.36. The molecule has 1 saturated carbocycles. The molecule has 1 aliphatic carbocycles. The van der Waals surface area contributed by atoms with Crippen molar-refractivity contribution in [1.29, 1.82) is 0 Å². The fraction of sp³-hybridized carbons (Fsp3) is 0.773. The minimum atomic E-state index is -0.726. The molecule has 0 aliphatic heterocycles. The first-order chi connectivity index (χ1) is 12.8. The summed E-state index contributed by atoms with van der Waals surface area (Å²) >= 11 is 0. The number of carbonyl (C=O) groups is 1. The van der Waals surface area contributed by atoms with Gasteiger partial charge in [0.15, 0.2) is 5.78 Å². The van der Waals surface area contributed by atoms with E-state index >= 15 is 0 Å². The summed E-state index contributed by atoms with van der Waals surface area (Å²) in [5.41, 5.74) is -0.726. The van der Waals surface area contributed by atoms with Crippen molar-refractivity contribution in [2.75, 3.05) is 6.61 Å². The Bertz CT molecular complexity index is 483. The van der Waals surface area contributed by atoms with E-state index in [1.54, 1.807) is 0 Å². The van der Waals surface area contributed by atoms with Crippen molar-refractivity contribution in [2.45, 2.75) is 89.4 Å². The number of Topliss-reactive ketones (excluding diaryl/α,β-unsaturated/α-hetero) is 1. The van der Waals surface area contributed by atoms with Gasteiger partial charge < -0.3 is 20.4 Å². The van der Waals surface area contributed by atoms with Gasteiger partial charge in [-0.15, -0.1) is 0 Å². The van der Waals surface area contributed by atoms with Crippen LogP contribution in [0.3, 0.4) is 0 Å². The summed E-state index contributed by atoms with van der Waals surface area (Å²) in [5.74, 6) is -0.285. The van der Waals surface area contributed by atoms with Crippen LogP contribution in [0.15, 0.2) is 24.3 Å². The summed E-state index contributed by atoms with van der Waals surface area (Å²) in [6.45, 7) is 3.55. The van der Waals surface area contributed by atoms with Gasteiger partial charge in [0.05, 0.1) is 17.8 Å². The van der Waals surface area contributed by atoms with Crippen LogP contribution in [0.25, 0.3) is 0 Å². The van der Waals surface area contributed by atoms with Gasteiger partial charge in [0, 0.05) is 18.8 Å². The van der Waals surface area contributed by atoms with Gasteiger partial charge in [-0.25, -0.2) is 0 Å². The van der Waals surface area contributed by atoms with Crippen LogP contribution < -0.4 is 0 Å². The van der Waals surface area contributed by atoms with Crippen LogP contribution in [-0.4, -0.2) is 50.6 Å². The molecule has 156 valence electrons. The Morgan fingerprint density at radius 3 is 2.56 bits per heavy atom. The van der Waals surface area contributed by atoms with Crippen LogP contribution in [0.5, 0.6) is 0 Å². The van der Waals surface area contributed by atoms with Gasteiger partial charge in [0.2, 0.25) is 0 Å². The number of hydrogen-bond acceptors (Lipinski definition) is 5. The fourth-order valence-electron chi connectivity index (χ4n) is 3.71. The van der Waals surface area contributed by atoms with E-state index in [1.807, 2.05) is 31.2 Å². The molecule has 0 radical (unpaired) electrons. The van der Waals surface area contributed by atoms with E-state index in [4.69, 9.17) is 5.11 Å². The Balaban J connectivity index is 2.49. The highest BCUT2D eigenvalue weighted by Gasteiger charge is 2.39. The van der Waals surface area contributed by atoms with Crippen molar-refractivity contribution in [3.8, 4) is 0 Å². The van der Waals surface area contributed by atoms with Crippen molar-refractivity contribution in [2.24, 2.45) is 11.8 Å². The first-order valence-electron chi connectivity index (χ1n) is 10.3. The number of allylic oxidation sites excluding steroid dienone is 2. The molecular formula is C22H38O5. The van der Waals surface area contributed by atoms with Crippen molar-refractivity contribution in [3.63, 3.8) is 0 Å². The van der Waals surface area contributed by atoms with E-state index in [0.717, 1.165) is 25.7 Å². The average Bonchev–Trinajstić information content (AvgIpc) is 2.89. The number of aliphatic hydroxyl groups is 4. The molecule has 5 atom stereocenters. The molecule has 0 saturated heterocycles. The SMILES string of the molecule is CCCCC(C)(O)C/C=C/[C@@H]1[C@@H](C/C=C\CCCC(=O)CO)[C@@H](O)C[C@H]1O. The van der Waals surface area contributed by atoms with Crippen molar-refractivity contribution in [3.05, 3.63) is 24.3 Å². The minimum absolute atomic E-state index is 0.0350. The number of rotatable bonds is 13. The number of hydrogen-bond donors (Lipinski definition) is 4. The summed E-state index contributed by atoms with van der Waals surface area (Å²) in [6, 6.07) is 0. The zero-order chi connectivity index (χ0) is 20.3. The largest absolute Gasteiger partial charge is 0.393 e. The van der Waals surface area contributed by atoms with E-state index in [-0.39, 0.29) is 17.6 Å². The van der Waals surface area contributed by atoms with Crippen LogP contribution >= 0.6 is 0 Å². The average molecular weight is 383 g/mol. The lowest BCUT2D eigenvalue weighted by Gasteiger charge is -2.23. The first kappa shape index (κ1) is 24.0. The normalized spacial score (nSPS) is 28.2. The third-order valence-corrected chi connectivity index (χ3v) is 5.48. The quantitative estimate of drug-likeness (QED) is 0.290. The maximum atomic E-state index is 11.0. The van der Waals surface area contributed by atoms with E-state index in [0.29, 0.717) is 32.1 Å². The van der Waals surface area contributed by atoms with Gasteiger partial charge in [0.25, 0.3) is 0 Å². The topological polar surface area (TPSA) is 98.0 Å². The maximum absolute atomic E-state index is 11.0. The van der Waals surface area contributed by atoms with Crippen LogP contribution in [0.1, 0.15) is 71.6 Å². The summed E-state index contributed by atoms with van der Waals surface area (Å²) < 4.78 is 0. The highest BCUT2D eigenvalue weighted by molar-refractivity contribution is 5.79. The third kappa shape index (κ3) is 9.15. The first-order valence-corrected chi connectivity index (χ1v) is 10.3. The van der Waals surface area contributed by atoms with Crippen LogP contribution in [0, 0.1) is 11.8 Å². The zero-order valence-corrected chi connectivity index (χ0v) is 16.9. The van der Waals surface area contributed by atoms with Gasteiger partial charge >= 0.3 is 0 Å². The molecule has 1 rings (SSSR count). The lowest BCUT2D eigenvalue weighted by Crippen LogP contribution is -2.23. The Morgan fingerprint density at radius 2 is 1.89 bits per heavy atom. The minimum Gasteiger partial charge on any atom is -0.393 e. The number of aliphatic hydroxyl groups excluding tert-OH is 3. The summed E-state index contributed by atoms with van der Waals surface area (Å²) in [7, 11) is 0. The molecule has 1 aliphatic rings. The Morgan fingerprint density at radius 1 is 1.15 bits per heavy atom. The second kappa shape index (κ2) is 12.4. The Kier molecular flexibility index (Phi) is 11.1. The lowest BCUT2D eigenvalue weighted by atomic mass is 9.88. The van der Waals surface area contributed by atoms with Gasteiger partial charge in [-0.3, -0.25) is 4.79 Å². The standard InChI is InChI=1S/C22H38O5/c1-3-4-13-22(2,27)14-9-12-19-18(20(25)15-21(19)26)11-8-6-5-7-10-17(24)16-23/h6,8-9,12,18-21,23,25-27H,3-5,7,10-11,13-16H2,1-2H3/b8-6-,12-9+/t18-,19-,20+,21-,22?/m1/s1. The molecular weight excluding hydrogens is 344 g/mol. The van der Waals surface area contributed by atoms with Crippen LogP contribution in [0.2, 0.25) is 0 Å². The maximum Gasteiger partial charge on any atom is 0.158 e.